The summed E-state index contributed by atoms with van der Waals surface area (Å²) < 4.78 is 48.8. The molecule has 0 amide bonds. The largest absolute Gasteiger partial charge is 0.726 e. The van der Waals surface area contributed by atoms with Gasteiger partial charge in [-0.05, 0) is 78.4 Å². The molecule has 0 bridgehead atoms. The molecule has 0 aliphatic carbocycles. The fourth-order valence-electron chi connectivity index (χ4n) is 3.68. The molecular weight excluding hydrogens is 441 g/mol. The lowest BCUT2D eigenvalue weighted by molar-refractivity contribution is 0.171. The second kappa shape index (κ2) is 8.59. The van der Waals surface area contributed by atoms with Gasteiger partial charge < -0.3 is 32.4 Å². The molecule has 34 heavy (non-hydrogen) atoms. The minimum Gasteiger partial charge on any atom is -0.626 e. The van der Waals surface area contributed by atoms with Crippen molar-refractivity contribution in [1.29, 1.82) is 0 Å². The number of halogens is 2. The van der Waals surface area contributed by atoms with Crippen LogP contribution < -0.4 is 9.47 Å². The normalized spacial score (nSPS) is 18.6. The first-order valence-electron chi connectivity index (χ1n) is 10.5. The number of aliphatic imine (C=N–C) groups is 1. The second-order valence-electron chi connectivity index (χ2n) is 7.60. The van der Waals surface area contributed by atoms with E-state index < -0.39 is 7.11 Å². The minimum absolute atomic E-state index is 0.0278. The molecule has 0 saturated heterocycles. The third kappa shape index (κ3) is 4.32. The van der Waals surface area contributed by atoms with E-state index in [9.17, 15) is 8.63 Å². The molecule has 5 rings (SSSR count). The number of ether oxygens (including phenoxy) is 2. The van der Waals surface area contributed by atoms with Crippen molar-refractivity contribution in [2.45, 2.75) is 0 Å². The van der Waals surface area contributed by atoms with Gasteiger partial charge in [-0.2, -0.15) is 0 Å². The maximum atomic E-state index is 14.4. The van der Waals surface area contributed by atoms with Crippen LogP contribution in [0.15, 0.2) is 95.3 Å². The quantitative estimate of drug-likeness (QED) is 0.493. The Balaban J connectivity index is 1.46. The zero-order valence-electron chi connectivity index (χ0n) is 18.4. The molecule has 6 nitrogen and oxygen atoms in total. The summed E-state index contributed by atoms with van der Waals surface area (Å²) in [6.07, 6.45) is 4.80. The molecule has 2 aromatic carbocycles. The van der Waals surface area contributed by atoms with Gasteiger partial charge >= 0.3 is 7.11 Å². The number of nitrogens with one attached hydrogen (secondary N) is 1. The molecule has 1 aromatic heterocycles. The van der Waals surface area contributed by atoms with Crippen molar-refractivity contribution in [3.63, 3.8) is 0 Å². The van der Waals surface area contributed by atoms with Gasteiger partial charge in [0.25, 0.3) is 0 Å². The third-order valence-electron chi connectivity index (χ3n) is 5.42. The Morgan fingerprint density at radius 3 is 2.03 bits per heavy atom. The van der Waals surface area contributed by atoms with Crippen LogP contribution in [0, 0.1) is 0 Å². The first-order chi connectivity index (χ1) is 16.4. The highest BCUT2D eigenvalue weighted by Crippen LogP contribution is 2.35. The number of allylic oxidation sites excluding steroid dienone is 3. The molecule has 1 N–H and O–H groups in total. The minimum atomic E-state index is -4.56. The number of rotatable bonds is 5. The van der Waals surface area contributed by atoms with Crippen LogP contribution in [-0.4, -0.2) is 32.0 Å². The van der Waals surface area contributed by atoms with Crippen molar-refractivity contribution in [2.24, 2.45) is 4.99 Å². The van der Waals surface area contributed by atoms with Crippen LogP contribution in [0.5, 0.6) is 11.5 Å². The molecule has 172 valence electrons. The summed E-state index contributed by atoms with van der Waals surface area (Å²) in [4.78, 5) is 7.60. The van der Waals surface area contributed by atoms with E-state index in [-0.39, 0.29) is 17.2 Å². The summed E-state index contributed by atoms with van der Waals surface area (Å²) in [5.41, 5.74) is 3.77. The maximum absolute atomic E-state index is 14.4. The van der Waals surface area contributed by atoms with Gasteiger partial charge in [0.2, 0.25) is 0 Å². The molecule has 0 radical (unpaired) electrons. The number of hydrogen-bond donors (Lipinski definition) is 1. The molecule has 3 aromatic rings. The highest BCUT2D eigenvalue weighted by molar-refractivity contribution is 6.53. The van der Waals surface area contributed by atoms with Gasteiger partial charge in [0.1, 0.15) is 28.7 Å². The van der Waals surface area contributed by atoms with Gasteiger partial charge in [0.05, 0.1) is 25.6 Å². The van der Waals surface area contributed by atoms with Crippen molar-refractivity contribution in [2.75, 3.05) is 14.2 Å². The second-order valence-corrected chi connectivity index (χ2v) is 7.60. The smallest absolute Gasteiger partial charge is 0.626 e. The fraction of sp³-hybridized carbons (Fsp3) is 0.0800. The Labute approximate surface area is 194 Å². The monoisotopic (exact) mass is 461 g/mol. The van der Waals surface area contributed by atoms with Gasteiger partial charge in [-0.15, -0.1) is 0 Å². The lowest BCUT2D eigenvalue weighted by atomic mass is 10.1. The highest BCUT2D eigenvalue weighted by Gasteiger charge is 2.39. The lowest BCUT2D eigenvalue weighted by Gasteiger charge is -2.34. The zero-order chi connectivity index (χ0) is 23.7. The van der Waals surface area contributed by atoms with E-state index in [2.05, 4.69) is 9.98 Å². The number of H-pyrrole nitrogens is 1. The Kier molecular flexibility index (Phi) is 5.45. The molecule has 3 heterocycles. The Hall–Kier alpha value is -4.27. The zero-order valence-corrected chi connectivity index (χ0v) is 18.4. The van der Waals surface area contributed by atoms with Crippen molar-refractivity contribution in [1.82, 2.24) is 4.98 Å². The number of nitrogens with zero attached hydrogens (tertiary/aromatic N) is 1. The van der Waals surface area contributed by atoms with Gasteiger partial charge in [0.15, 0.2) is 0 Å². The first-order valence-corrected chi connectivity index (χ1v) is 10.5. The number of benzene rings is 2. The van der Waals surface area contributed by atoms with E-state index in [1.807, 2.05) is 48.5 Å². The summed E-state index contributed by atoms with van der Waals surface area (Å²) >= 11 is 0. The standard InChI is InChI=1S/C25H20BF2N2O4/c1-31-18-7-3-16(4-8-18)20-11-13-22(29-20)24-15-25(34-26(27,28)33-24)23-14-12-21(30-23)17-5-9-19(32-2)10-6-17/h3-15,29H,1-2H3/q-1/b25-23-. The summed E-state index contributed by atoms with van der Waals surface area (Å²) in [5.74, 6) is 1.35. The highest BCUT2D eigenvalue weighted by atomic mass is 19.3. The Morgan fingerprint density at radius 1 is 0.765 bits per heavy atom. The maximum Gasteiger partial charge on any atom is 0.726 e. The Morgan fingerprint density at radius 2 is 1.38 bits per heavy atom. The van der Waals surface area contributed by atoms with E-state index in [0.29, 0.717) is 17.2 Å². The topological polar surface area (TPSA) is 65.1 Å². The average molecular weight is 461 g/mol. The predicted octanol–water partition coefficient (Wildman–Crippen LogP) is 5.73. The van der Waals surface area contributed by atoms with Crippen molar-refractivity contribution in [3.8, 4) is 22.8 Å². The van der Waals surface area contributed by atoms with Crippen LogP contribution in [0.2, 0.25) is 0 Å². The SMILES string of the molecule is COc1ccc(C2=N/C(=C3/C=C(c4ccc(-c5ccc(OC)cc5)[nH]4)O[B-](F)(F)O3)C=C2)cc1. The molecule has 2 aliphatic heterocycles. The molecule has 0 atom stereocenters. The number of aromatic amines is 1. The van der Waals surface area contributed by atoms with E-state index >= 15 is 0 Å². The fourth-order valence-corrected chi connectivity index (χ4v) is 3.68. The van der Waals surface area contributed by atoms with Crippen LogP contribution >= 0.6 is 0 Å². The van der Waals surface area contributed by atoms with Crippen LogP contribution in [0.3, 0.4) is 0 Å². The molecule has 0 fully saturated rings. The summed E-state index contributed by atoms with van der Waals surface area (Å²) in [6.45, 7) is 0. The van der Waals surface area contributed by atoms with Gasteiger partial charge in [0, 0.05) is 17.3 Å². The van der Waals surface area contributed by atoms with Crippen LogP contribution in [0.4, 0.5) is 8.63 Å². The van der Waals surface area contributed by atoms with Crippen LogP contribution in [0.1, 0.15) is 11.3 Å². The number of hydrogen-bond acceptors (Lipinski definition) is 5. The van der Waals surface area contributed by atoms with Gasteiger partial charge in [-0.3, -0.25) is 0 Å². The molecule has 0 spiro atoms. The van der Waals surface area contributed by atoms with Gasteiger partial charge in [-0.25, -0.2) is 4.99 Å². The molecule has 0 unspecified atom stereocenters. The van der Waals surface area contributed by atoms with E-state index in [4.69, 9.17) is 18.8 Å². The van der Waals surface area contributed by atoms with Crippen molar-refractivity contribution < 1.29 is 27.4 Å². The van der Waals surface area contributed by atoms with Crippen molar-refractivity contribution in [3.05, 3.63) is 102 Å². The molecule has 0 saturated carbocycles. The molecule has 9 heteroatoms. The third-order valence-corrected chi connectivity index (χ3v) is 5.42. The first kappa shape index (κ1) is 21.6. The predicted molar refractivity (Wildman–Crippen MR) is 127 cm³/mol. The lowest BCUT2D eigenvalue weighted by Crippen LogP contribution is -2.34. The van der Waals surface area contributed by atoms with Crippen molar-refractivity contribution >= 4 is 18.6 Å². The Bertz CT molecular complexity index is 1340. The average Bonchev–Trinajstić information content (AvgIpc) is 3.54. The number of methoxy groups -OCH3 is 2. The van der Waals surface area contributed by atoms with E-state index in [1.54, 1.807) is 38.5 Å². The van der Waals surface area contributed by atoms with E-state index in [1.165, 1.54) is 6.08 Å². The summed E-state index contributed by atoms with van der Waals surface area (Å²) in [6, 6.07) is 18.2. The number of aromatic nitrogens is 1. The summed E-state index contributed by atoms with van der Waals surface area (Å²) in [5, 5.41) is 0. The van der Waals surface area contributed by atoms with Gasteiger partial charge in [-0.1, -0.05) is 0 Å². The van der Waals surface area contributed by atoms with Crippen LogP contribution in [-0.2, 0) is 9.31 Å². The summed E-state index contributed by atoms with van der Waals surface area (Å²) in [7, 11) is -1.39. The van der Waals surface area contributed by atoms with Crippen LogP contribution in [0.25, 0.3) is 17.0 Å². The molecule has 2 aliphatic rings. The van der Waals surface area contributed by atoms with E-state index in [0.717, 1.165) is 22.6 Å². The molecular formula is C25H20BF2N2O4-.